The Balaban J connectivity index is 2.97. The lowest BCUT2D eigenvalue weighted by molar-refractivity contribution is 0.0941. The molecule has 112 valence electrons. The van der Waals surface area contributed by atoms with Gasteiger partial charge in [0.25, 0.3) is 5.91 Å². The molecule has 2 N–H and O–H groups in total. The van der Waals surface area contributed by atoms with Crippen LogP contribution in [0.1, 0.15) is 17.3 Å². The van der Waals surface area contributed by atoms with E-state index in [2.05, 4.69) is 5.32 Å². The molecule has 0 aromatic heterocycles. The van der Waals surface area contributed by atoms with Gasteiger partial charge in [-0.25, -0.2) is 0 Å². The predicted molar refractivity (Wildman–Crippen MR) is 74.7 cm³/mol. The number of aliphatic hydroxyl groups excluding tert-OH is 1. The topological polar surface area (TPSA) is 77.0 Å². The van der Waals surface area contributed by atoms with E-state index in [4.69, 9.17) is 19.3 Å². The van der Waals surface area contributed by atoms with Crippen LogP contribution in [0.25, 0.3) is 0 Å². The molecule has 6 nitrogen and oxygen atoms in total. The summed E-state index contributed by atoms with van der Waals surface area (Å²) in [5.74, 6) is 1.03. The molecule has 0 saturated heterocycles. The summed E-state index contributed by atoms with van der Waals surface area (Å²) in [4.78, 5) is 12.1. The Labute approximate surface area is 118 Å². The highest BCUT2D eigenvalue weighted by atomic mass is 16.5. The van der Waals surface area contributed by atoms with Gasteiger partial charge in [0.15, 0.2) is 11.5 Å². The zero-order valence-corrected chi connectivity index (χ0v) is 12.2. The maximum absolute atomic E-state index is 12.1. The Hall–Kier alpha value is -1.95. The fourth-order valence-electron chi connectivity index (χ4n) is 1.65. The molecular formula is C14H21NO5. The molecule has 0 aliphatic carbocycles. The van der Waals surface area contributed by atoms with Crippen LogP contribution >= 0.6 is 0 Å². The van der Waals surface area contributed by atoms with Gasteiger partial charge >= 0.3 is 0 Å². The Morgan fingerprint density at radius 3 is 2.15 bits per heavy atom. The van der Waals surface area contributed by atoms with Crippen molar-refractivity contribution in [2.75, 3.05) is 34.5 Å². The lowest BCUT2D eigenvalue weighted by Gasteiger charge is -2.14. The first-order valence-electron chi connectivity index (χ1n) is 6.26. The van der Waals surface area contributed by atoms with Gasteiger partial charge in [0.2, 0.25) is 5.75 Å². The molecule has 6 heteroatoms. The number of aliphatic hydroxyl groups is 1. The van der Waals surface area contributed by atoms with Gasteiger partial charge in [0, 0.05) is 18.7 Å². The van der Waals surface area contributed by atoms with Gasteiger partial charge in [-0.2, -0.15) is 0 Å². The van der Waals surface area contributed by atoms with Crippen molar-refractivity contribution in [2.24, 2.45) is 5.92 Å². The first kappa shape index (κ1) is 16.1. The molecule has 0 spiro atoms. The molecule has 0 heterocycles. The highest BCUT2D eigenvalue weighted by Gasteiger charge is 2.17. The highest BCUT2D eigenvalue weighted by molar-refractivity contribution is 5.95. The predicted octanol–water partition coefficient (Wildman–Crippen LogP) is 1.07. The Morgan fingerprint density at radius 2 is 1.75 bits per heavy atom. The van der Waals surface area contributed by atoms with Crippen molar-refractivity contribution in [2.45, 2.75) is 6.92 Å². The summed E-state index contributed by atoms with van der Waals surface area (Å²) >= 11 is 0. The van der Waals surface area contributed by atoms with Crippen molar-refractivity contribution in [1.82, 2.24) is 5.32 Å². The van der Waals surface area contributed by atoms with E-state index >= 15 is 0 Å². The zero-order valence-electron chi connectivity index (χ0n) is 12.2. The van der Waals surface area contributed by atoms with Crippen molar-refractivity contribution in [3.05, 3.63) is 17.7 Å². The van der Waals surface area contributed by atoms with Crippen LogP contribution in [0.4, 0.5) is 0 Å². The number of ether oxygens (including phenoxy) is 3. The van der Waals surface area contributed by atoms with E-state index in [1.54, 1.807) is 12.1 Å². The third kappa shape index (κ3) is 3.77. The van der Waals surface area contributed by atoms with Crippen molar-refractivity contribution in [3.63, 3.8) is 0 Å². The molecule has 0 bridgehead atoms. The summed E-state index contributed by atoms with van der Waals surface area (Å²) in [6.45, 7) is 2.26. The van der Waals surface area contributed by atoms with Crippen LogP contribution in [-0.4, -0.2) is 45.5 Å². The van der Waals surface area contributed by atoms with Crippen LogP contribution in [0, 0.1) is 5.92 Å². The molecular weight excluding hydrogens is 262 g/mol. The first-order chi connectivity index (χ1) is 9.57. The number of carbonyl (C=O) groups is 1. The molecule has 1 unspecified atom stereocenters. The highest BCUT2D eigenvalue weighted by Crippen LogP contribution is 2.38. The zero-order chi connectivity index (χ0) is 15.1. The van der Waals surface area contributed by atoms with Crippen LogP contribution < -0.4 is 19.5 Å². The van der Waals surface area contributed by atoms with Crippen LogP contribution in [0.2, 0.25) is 0 Å². The first-order valence-corrected chi connectivity index (χ1v) is 6.26. The van der Waals surface area contributed by atoms with Crippen molar-refractivity contribution in [3.8, 4) is 17.2 Å². The average molecular weight is 283 g/mol. The third-order valence-corrected chi connectivity index (χ3v) is 2.85. The van der Waals surface area contributed by atoms with Crippen LogP contribution in [0.3, 0.4) is 0 Å². The smallest absolute Gasteiger partial charge is 0.251 e. The second-order valence-electron chi connectivity index (χ2n) is 4.41. The molecule has 0 aliphatic heterocycles. The molecule has 1 aromatic carbocycles. The van der Waals surface area contributed by atoms with Gasteiger partial charge in [0.1, 0.15) is 0 Å². The number of hydrogen-bond donors (Lipinski definition) is 2. The number of carbonyl (C=O) groups excluding carboxylic acids is 1. The monoisotopic (exact) mass is 283 g/mol. The van der Waals surface area contributed by atoms with E-state index in [-0.39, 0.29) is 18.4 Å². The molecule has 1 atom stereocenters. The third-order valence-electron chi connectivity index (χ3n) is 2.85. The summed E-state index contributed by atoms with van der Waals surface area (Å²) in [6, 6.07) is 3.17. The number of benzene rings is 1. The number of amides is 1. The summed E-state index contributed by atoms with van der Waals surface area (Å²) in [5.41, 5.74) is 0.407. The maximum atomic E-state index is 12.1. The van der Waals surface area contributed by atoms with Crippen molar-refractivity contribution >= 4 is 5.91 Å². The van der Waals surface area contributed by atoms with Crippen LogP contribution in [-0.2, 0) is 0 Å². The van der Waals surface area contributed by atoms with Gasteiger partial charge in [0.05, 0.1) is 21.3 Å². The van der Waals surface area contributed by atoms with E-state index in [1.165, 1.54) is 21.3 Å². The molecule has 1 aromatic rings. The summed E-state index contributed by atoms with van der Waals surface area (Å²) in [7, 11) is 4.49. The molecule has 0 aliphatic rings. The molecule has 0 radical (unpaired) electrons. The van der Waals surface area contributed by atoms with Gasteiger partial charge < -0.3 is 24.6 Å². The number of rotatable bonds is 7. The lowest BCUT2D eigenvalue weighted by Crippen LogP contribution is -2.29. The van der Waals surface area contributed by atoms with E-state index in [9.17, 15) is 4.79 Å². The molecule has 1 rings (SSSR count). The van der Waals surface area contributed by atoms with Gasteiger partial charge in [-0.3, -0.25) is 4.79 Å². The molecule has 1 amide bonds. The average Bonchev–Trinajstić information content (AvgIpc) is 2.50. The van der Waals surface area contributed by atoms with Gasteiger partial charge in [-0.1, -0.05) is 6.92 Å². The summed E-state index contributed by atoms with van der Waals surface area (Å²) in [5, 5.41) is 11.7. The van der Waals surface area contributed by atoms with E-state index in [0.717, 1.165) is 0 Å². The standard InChI is InChI=1S/C14H21NO5/c1-9(8-16)7-15-14(17)10-5-11(18-2)13(20-4)12(6-10)19-3/h5-6,9,16H,7-8H2,1-4H3,(H,15,17). The largest absolute Gasteiger partial charge is 0.493 e. The summed E-state index contributed by atoms with van der Waals surface area (Å²) < 4.78 is 15.6. The van der Waals surface area contributed by atoms with Crippen molar-refractivity contribution in [1.29, 1.82) is 0 Å². The fourth-order valence-corrected chi connectivity index (χ4v) is 1.65. The number of hydrogen-bond acceptors (Lipinski definition) is 5. The minimum atomic E-state index is -0.260. The normalized spacial score (nSPS) is 11.7. The number of methoxy groups -OCH3 is 3. The van der Waals surface area contributed by atoms with E-state index < -0.39 is 0 Å². The Kier molecular flexibility index (Phi) is 6.11. The minimum Gasteiger partial charge on any atom is -0.493 e. The molecule has 0 fully saturated rings. The fraction of sp³-hybridized carbons (Fsp3) is 0.500. The quantitative estimate of drug-likeness (QED) is 0.783. The Morgan fingerprint density at radius 1 is 1.20 bits per heavy atom. The van der Waals surface area contributed by atoms with E-state index in [1.807, 2.05) is 6.92 Å². The maximum Gasteiger partial charge on any atom is 0.251 e. The minimum absolute atomic E-state index is 0.000916. The SMILES string of the molecule is COc1cc(C(=O)NCC(C)CO)cc(OC)c1OC. The van der Waals surface area contributed by atoms with Gasteiger partial charge in [-0.05, 0) is 18.1 Å². The van der Waals surface area contributed by atoms with Gasteiger partial charge in [-0.15, -0.1) is 0 Å². The lowest BCUT2D eigenvalue weighted by atomic mass is 10.1. The summed E-state index contributed by atoms with van der Waals surface area (Å²) in [6.07, 6.45) is 0. The van der Waals surface area contributed by atoms with Crippen LogP contribution in [0.15, 0.2) is 12.1 Å². The van der Waals surface area contributed by atoms with Crippen molar-refractivity contribution < 1.29 is 24.1 Å². The number of nitrogens with one attached hydrogen (secondary N) is 1. The second-order valence-corrected chi connectivity index (χ2v) is 4.41. The Bertz CT molecular complexity index is 436. The molecule has 0 saturated carbocycles. The van der Waals surface area contributed by atoms with Crippen LogP contribution in [0.5, 0.6) is 17.2 Å². The van der Waals surface area contributed by atoms with E-state index in [0.29, 0.717) is 29.4 Å². The molecule has 20 heavy (non-hydrogen) atoms. The second kappa shape index (κ2) is 7.59.